The van der Waals surface area contributed by atoms with Crippen LogP contribution in [0.5, 0.6) is 5.75 Å². The van der Waals surface area contributed by atoms with Gasteiger partial charge in [0.05, 0.1) is 7.11 Å². The van der Waals surface area contributed by atoms with Crippen LogP contribution in [-0.2, 0) is 10.5 Å². The number of nitrogens with two attached hydrogens (primary N) is 1. The highest BCUT2D eigenvalue weighted by molar-refractivity contribution is 7.98. The second kappa shape index (κ2) is 7.23. The molecule has 0 spiro atoms. The smallest absolute Gasteiger partial charge is 0.320 e. The number of ether oxygens (including phenoxy) is 1. The van der Waals surface area contributed by atoms with Crippen LogP contribution in [0.2, 0.25) is 0 Å². The van der Waals surface area contributed by atoms with E-state index in [1.807, 2.05) is 0 Å². The molecule has 0 aliphatic heterocycles. The fourth-order valence-electron chi connectivity index (χ4n) is 1.32. The predicted octanol–water partition coefficient (Wildman–Crippen LogP) is 1.87. The molecule has 0 saturated carbocycles. The second-order valence-electron chi connectivity index (χ2n) is 3.75. The molecule has 0 aliphatic rings. The van der Waals surface area contributed by atoms with Crippen LogP contribution in [-0.4, -0.2) is 30.0 Å². The monoisotopic (exact) mass is 273 g/mol. The van der Waals surface area contributed by atoms with Crippen LogP contribution < -0.4 is 10.5 Å². The van der Waals surface area contributed by atoms with Crippen LogP contribution in [0, 0.1) is 5.82 Å². The number of carboxylic acid groups (broad SMARTS) is 1. The van der Waals surface area contributed by atoms with E-state index in [4.69, 9.17) is 15.6 Å². The van der Waals surface area contributed by atoms with E-state index in [1.165, 1.54) is 24.9 Å². The van der Waals surface area contributed by atoms with Gasteiger partial charge in [0.1, 0.15) is 6.04 Å². The summed E-state index contributed by atoms with van der Waals surface area (Å²) in [6, 6.07) is 3.95. The Kier molecular flexibility index (Phi) is 5.94. The lowest BCUT2D eigenvalue weighted by molar-refractivity contribution is -0.138. The minimum Gasteiger partial charge on any atom is -0.494 e. The Hall–Kier alpha value is -1.27. The van der Waals surface area contributed by atoms with Gasteiger partial charge >= 0.3 is 5.97 Å². The zero-order valence-corrected chi connectivity index (χ0v) is 10.9. The SMILES string of the molecule is COc1ccc(CSCCC(N)C(=O)O)cc1F. The van der Waals surface area contributed by atoms with Crippen LogP contribution in [0.25, 0.3) is 0 Å². The quantitative estimate of drug-likeness (QED) is 0.742. The van der Waals surface area contributed by atoms with Crippen molar-refractivity contribution in [3.8, 4) is 5.75 Å². The summed E-state index contributed by atoms with van der Waals surface area (Å²) in [6.07, 6.45) is 0.401. The fourth-order valence-corrected chi connectivity index (χ4v) is 2.30. The van der Waals surface area contributed by atoms with Crippen LogP contribution in [0.1, 0.15) is 12.0 Å². The van der Waals surface area contributed by atoms with Crippen molar-refractivity contribution in [2.75, 3.05) is 12.9 Å². The first kappa shape index (κ1) is 14.8. The molecule has 0 aromatic heterocycles. The molecule has 0 bridgehead atoms. The van der Waals surface area contributed by atoms with Gasteiger partial charge in [0.15, 0.2) is 11.6 Å². The van der Waals surface area contributed by atoms with E-state index in [0.29, 0.717) is 17.9 Å². The van der Waals surface area contributed by atoms with Crippen molar-refractivity contribution < 1.29 is 19.0 Å². The number of rotatable bonds is 7. The number of carbonyl (C=O) groups is 1. The Morgan fingerprint density at radius 3 is 2.89 bits per heavy atom. The number of hydrogen-bond acceptors (Lipinski definition) is 4. The first-order valence-corrected chi connectivity index (χ1v) is 6.58. The Morgan fingerprint density at radius 2 is 2.33 bits per heavy atom. The summed E-state index contributed by atoms with van der Waals surface area (Å²) in [5.41, 5.74) is 6.20. The molecule has 0 heterocycles. The van der Waals surface area contributed by atoms with E-state index >= 15 is 0 Å². The van der Waals surface area contributed by atoms with Gasteiger partial charge in [-0.2, -0.15) is 11.8 Å². The Balaban J connectivity index is 2.36. The molecule has 18 heavy (non-hydrogen) atoms. The maximum absolute atomic E-state index is 13.4. The fraction of sp³-hybridized carbons (Fsp3) is 0.417. The Labute approximate surface area is 109 Å². The summed E-state index contributed by atoms with van der Waals surface area (Å²) in [6.45, 7) is 0. The zero-order valence-electron chi connectivity index (χ0n) is 10.1. The number of methoxy groups -OCH3 is 1. The maximum Gasteiger partial charge on any atom is 0.320 e. The molecular formula is C12H16FNO3S. The third kappa shape index (κ3) is 4.54. The highest BCUT2D eigenvalue weighted by Gasteiger charge is 2.10. The van der Waals surface area contributed by atoms with Crippen LogP contribution in [0.15, 0.2) is 18.2 Å². The number of thioether (sulfide) groups is 1. The van der Waals surface area contributed by atoms with E-state index in [2.05, 4.69) is 0 Å². The number of halogens is 1. The maximum atomic E-state index is 13.4. The van der Waals surface area contributed by atoms with E-state index in [0.717, 1.165) is 5.56 Å². The molecule has 0 radical (unpaired) electrons. The molecule has 3 N–H and O–H groups in total. The average Bonchev–Trinajstić information content (AvgIpc) is 2.34. The lowest BCUT2D eigenvalue weighted by Gasteiger charge is -2.07. The molecule has 1 atom stereocenters. The van der Waals surface area contributed by atoms with Gasteiger partial charge in [-0.3, -0.25) is 4.79 Å². The highest BCUT2D eigenvalue weighted by Crippen LogP contribution is 2.21. The highest BCUT2D eigenvalue weighted by atomic mass is 32.2. The first-order valence-electron chi connectivity index (χ1n) is 5.43. The zero-order chi connectivity index (χ0) is 13.5. The summed E-state index contributed by atoms with van der Waals surface area (Å²) < 4.78 is 18.2. The largest absolute Gasteiger partial charge is 0.494 e. The summed E-state index contributed by atoms with van der Waals surface area (Å²) >= 11 is 1.52. The van der Waals surface area contributed by atoms with E-state index < -0.39 is 17.8 Å². The van der Waals surface area contributed by atoms with Crippen LogP contribution >= 0.6 is 11.8 Å². The third-order valence-corrected chi connectivity index (χ3v) is 3.44. The van der Waals surface area contributed by atoms with Gasteiger partial charge in [0, 0.05) is 5.75 Å². The van der Waals surface area contributed by atoms with Crippen molar-refractivity contribution in [3.05, 3.63) is 29.6 Å². The molecule has 0 saturated heterocycles. The molecule has 4 nitrogen and oxygen atoms in total. The van der Waals surface area contributed by atoms with Crippen molar-refractivity contribution in [2.24, 2.45) is 5.73 Å². The predicted molar refractivity (Wildman–Crippen MR) is 69.3 cm³/mol. The standard InChI is InChI=1S/C12H16FNO3S/c1-17-11-3-2-8(6-9(11)13)7-18-5-4-10(14)12(15)16/h2-3,6,10H,4-5,7,14H2,1H3,(H,15,16). The molecule has 0 fully saturated rings. The van der Waals surface area contributed by atoms with E-state index in [-0.39, 0.29) is 5.75 Å². The van der Waals surface area contributed by atoms with Gasteiger partial charge in [0.2, 0.25) is 0 Å². The van der Waals surface area contributed by atoms with Crippen molar-refractivity contribution in [2.45, 2.75) is 18.2 Å². The molecule has 0 amide bonds. The normalized spacial score (nSPS) is 12.2. The van der Waals surface area contributed by atoms with Crippen molar-refractivity contribution in [1.82, 2.24) is 0 Å². The Bertz CT molecular complexity index is 414. The average molecular weight is 273 g/mol. The number of benzene rings is 1. The van der Waals surface area contributed by atoms with E-state index in [9.17, 15) is 9.18 Å². The number of hydrogen-bond donors (Lipinski definition) is 2. The van der Waals surface area contributed by atoms with Crippen LogP contribution in [0.4, 0.5) is 4.39 Å². The van der Waals surface area contributed by atoms with Gasteiger partial charge < -0.3 is 15.6 Å². The Morgan fingerprint density at radius 1 is 1.61 bits per heavy atom. The molecular weight excluding hydrogens is 257 g/mol. The summed E-state index contributed by atoms with van der Waals surface area (Å²) in [5, 5.41) is 8.59. The molecule has 1 unspecified atom stereocenters. The van der Waals surface area contributed by atoms with Gasteiger partial charge in [0.25, 0.3) is 0 Å². The molecule has 0 aliphatic carbocycles. The number of aliphatic carboxylic acids is 1. The van der Waals surface area contributed by atoms with E-state index in [1.54, 1.807) is 12.1 Å². The van der Waals surface area contributed by atoms with Gasteiger partial charge in [-0.15, -0.1) is 0 Å². The lowest BCUT2D eigenvalue weighted by Crippen LogP contribution is -2.30. The molecule has 1 aromatic carbocycles. The van der Waals surface area contributed by atoms with Gasteiger partial charge in [-0.1, -0.05) is 6.07 Å². The second-order valence-corrected chi connectivity index (χ2v) is 4.86. The number of carboxylic acids is 1. The first-order chi connectivity index (χ1) is 8.54. The molecule has 1 aromatic rings. The third-order valence-electron chi connectivity index (χ3n) is 2.38. The van der Waals surface area contributed by atoms with Gasteiger partial charge in [-0.05, 0) is 29.9 Å². The van der Waals surface area contributed by atoms with Gasteiger partial charge in [-0.25, -0.2) is 4.39 Å². The summed E-state index contributed by atoms with van der Waals surface area (Å²) in [7, 11) is 1.42. The topological polar surface area (TPSA) is 72.5 Å². The molecule has 100 valence electrons. The van der Waals surface area contributed by atoms with Crippen LogP contribution in [0.3, 0.4) is 0 Å². The molecule has 6 heteroatoms. The van der Waals surface area contributed by atoms with Crippen molar-refractivity contribution in [1.29, 1.82) is 0 Å². The summed E-state index contributed by atoms with van der Waals surface area (Å²) in [4.78, 5) is 10.5. The van der Waals surface area contributed by atoms with Crippen molar-refractivity contribution in [3.63, 3.8) is 0 Å². The lowest BCUT2D eigenvalue weighted by atomic mass is 10.2. The summed E-state index contributed by atoms with van der Waals surface area (Å²) in [5.74, 6) is 0.0783. The minimum atomic E-state index is -0.994. The molecule has 1 rings (SSSR count). The van der Waals surface area contributed by atoms with Crippen molar-refractivity contribution >= 4 is 17.7 Å². The minimum absolute atomic E-state index is 0.219.